The van der Waals surface area contributed by atoms with Crippen molar-refractivity contribution in [1.82, 2.24) is 5.32 Å². The molecule has 1 amide bonds. The number of nitrogens with one attached hydrogen (secondary N) is 1. The number of benzene rings is 3. The van der Waals surface area contributed by atoms with Crippen molar-refractivity contribution in [3.05, 3.63) is 89.8 Å². The highest BCUT2D eigenvalue weighted by molar-refractivity contribution is 14.1. The van der Waals surface area contributed by atoms with Crippen LogP contribution < -0.4 is 14.8 Å². The topological polar surface area (TPSA) is 59.9 Å². The summed E-state index contributed by atoms with van der Waals surface area (Å²) in [5.74, 6) is 1.03. The lowest BCUT2D eigenvalue weighted by atomic mass is 10.1. The fourth-order valence-electron chi connectivity index (χ4n) is 3.30. The Morgan fingerprint density at radius 1 is 1.09 bits per heavy atom. The Labute approximate surface area is 232 Å². The van der Waals surface area contributed by atoms with Gasteiger partial charge in [0.05, 0.1) is 20.8 Å². The average molecular weight is 639 g/mol. The van der Waals surface area contributed by atoms with Gasteiger partial charge in [0.1, 0.15) is 6.61 Å². The molecule has 180 valence electrons. The molecule has 9 heteroatoms. The van der Waals surface area contributed by atoms with Crippen LogP contribution in [0.2, 0.25) is 10.0 Å². The molecule has 3 aromatic carbocycles. The van der Waals surface area contributed by atoms with Gasteiger partial charge in [-0.15, -0.1) is 0 Å². The number of hydrogen-bond acceptors (Lipinski definition) is 5. The molecule has 4 rings (SSSR count). The van der Waals surface area contributed by atoms with Crippen molar-refractivity contribution >= 4 is 80.4 Å². The molecule has 0 unspecified atom stereocenters. The van der Waals surface area contributed by atoms with Gasteiger partial charge in [0.15, 0.2) is 16.7 Å². The number of amides is 1. The van der Waals surface area contributed by atoms with Crippen LogP contribution >= 0.6 is 57.6 Å². The molecule has 0 aromatic heterocycles. The number of amidine groups is 1. The summed E-state index contributed by atoms with van der Waals surface area (Å²) >= 11 is 15.9. The highest BCUT2D eigenvalue weighted by Crippen LogP contribution is 2.37. The predicted octanol–water partition coefficient (Wildman–Crippen LogP) is 7.78. The maximum atomic E-state index is 12.6. The summed E-state index contributed by atoms with van der Waals surface area (Å²) in [7, 11) is 0. The minimum atomic E-state index is -0.208. The van der Waals surface area contributed by atoms with Crippen molar-refractivity contribution in [1.29, 1.82) is 0 Å². The largest absolute Gasteiger partial charge is 0.490 e. The molecule has 0 radical (unpaired) electrons. The second-order valence-electron chi connectivity index (χ2n) is 7.51. The summed E-state index contributed by atoms with van der Waals surface area (Å²) in [5.41, 5.74) is 3.28. The first-order valence-corrected chi connectivity index (χ1v) is 13.4. The van der Waals surface area contributed by atoms with Crippen LogP contribution in [0.25, 0.3) is 6.08 Å². The first-order valence-electron chi connectivity index (χ1n) is 10.7. The second kappa shape index (κ2) is 11.7. The Balaban J connectivity index is 1.58. The minimum Gasteiger partial charge on any atom is -0.490 e. The molecular weight excluding hydrogens is 618 g/mol. The minimum absolute atomic E-state index is 0.208. The van der Waals surface area contributed by atoms with Crippen LogP contribution in [-0.2, 0) is 11.4 Å². The van der Waals surface area contributed by atoms with Crippen molar-refractivity contribution in [2.75, 3.05) is 6.61 Å². The van der Waals surface area contributed by atoms with Crippen molar-refractivity contribution in [3.8, 4) is 11.5 Å². The van der Waals surface area contributed by atoms with E-state index in [2.05, 4.69) is 32.9 Å². The van der Waals surface area contributed by atoms with E-state index >= 15 is 0 Å². The summed E-state index contributed by atoms with van der Waals surface area (Å²) in [6.07, 6.45) is 1.82. The molecule has 1 N–H and O–H groups in total. The quantitative estimate of drug-likeness (QED) is 0.212. The van der Waals surface area contributed by atoms with Gasteiger partial charge in [-0.1, -0.05) is 47.5 Å². The van der Waals surface area contributed by atoms with E-state index in [0.29, 0.717) is 44.8 Å². The van der Waals surface area contributed by atoms with E-state index < -0.39 is 0 Å². The van der Waals surface area contributed by atoms with Crippen LogP contribution in [0.3, 0.4) is 0 Å². The summed E-state index contributed by atoms with van der Waals surface area (Å²) < 4.78 is 12.8. The number of carbonyl (C=O) groups excluding carboxylic acids is 1. The van der Waals surface area contributed by atoms with Crippen LogP contribution in [0.1, 0.15) is 23.6 Å². The molecule has 3 aromatic rings. The first kappa shape index (κ1) is 25.9. The van der Waals surface area contributed by atoms with Crippen LogP contribution in [0, 0.1) is 10.5 Å². The molecule has 1 aliphatic rings. The number of hydrogen-bond donors (Lipinski definition) is 1. The maximum absolute atomic E-state index is 12.6. The predicted molar refractivity (Wildman–Crippen MR) is 153 cm³/mol. The fourth-order valence-corrected chi connectivity index (χ4v) is 5.27. The molecule has 1 saturated heterocycles. The maximum Gasteiger partial charge on any atom is 0.264 e. The van der Waals surface area contributed by atoms with Crippen molar-refractivity contribution in [2.45, 2.75) is 20.5 Å². The smallest absolute Gasteiger partial charge is 0.264 e. The third kappa shape index (κ3) is 6.33. The van der Waals surface area contributed by atoms with Gasteiger partial charge >= 0.3 is 0 Å². The average Bonchev–Trinajstić information content (AvgIpc) is 3.16. The van der Waals surface area contributed by atoms with E-state index in [0.717, 1.165) is 25.9 Å². The lowest BCUT2D eigenvalue weighted by molar-refractivity contribution is -0.115. The Hall–Kier alpha value is -2.20. The zero-order valence-electron chi connectivity index (χ0n) is 18.9. The van der Waals surface area contributed by atoms with Gasteiger partial charge in [-0.3, -0.25) is 4.79 Å². The number of aliphatic imine (C=N–C) groups is 1. The summed E-state index contributed by atoms with van der Waals surface area (Å²) in [5, 5.41) is 4.61. The number of thioether (sulfide) groups is 1. The van der Waals surface area contributed by atoms with Crippen molar-refractivity contribution < 1.29 is 14.3 Å². The van der Waals surface area contributed by atoms with Crippen LogP contribution in [0.5, 0.6) is 11.5 Å². The third-order valence-corrected chi connectivity index (χ3v) is 7.56. The molecule has 5 nitrogen and oxygen atoms in total. The van der Waals surface area contributed by atoms with E-state index in [4.69, 9.17) is 32.7 Å². The van der Waals surface area contributed by atoms with Gasteiger partial charge in [-0.05, 0) is 95.7 Å². The van der Waals surface area contributed by atoms with Gasteiger partial charge < -0.3 is 14.8 Å². The molecule has 35 heavy (non-hydrogen) atoms. The Morgan fingerprint density at radius 2 is 1.86 bits per heavy atom. The van der Waals surface area contributed by atoms with E-state index in [1.54, 1.807) is 0 Å². The van der Waals surface area contributed by atoms with Crippen LogP contribution in [0.4, 0.5) is 5.69 Å². The number of nitrogens with zero attached hydrogens (tertiary/aromatic N) is 1. The van der Waals surface area contributed by atoms with Gasteiger partial charge in [0.2, 0.25) is 0 Å². The van der Waals surface area contributed by atoms with E-state index in [-0.39, 0.29) is 5.91 Å². The highest BCUT2D eigenvalue weighted by atomic mass is 127. The van der Waals surface area contributed by atoms with Gasteiger partial charge in [-0.25, -0.2) is 4.99 Å². The van der Waals surface area contributed by atoms with E-state index in [1.807, 2.05) is 74.5 Å². The zero-order chi connectivity index (χ0) is 24.9. The highest BCUT2D eigenvalue weighted by Gasteiger charge is 2.24. The van der Waals surface area contributed by atoms with Crippen LogP contribution in [-0.4, -0.2) is 17.7 Å². The van der Waals surface area contributed by atoms with Crippen molar-refractivity contribution in [3.63, 3.8) is 0 Å². The molecule has 1 fully saturated rings. The van der Waals surface area contributed by atoms with Gasteiger partial charge in [0.25, 0.3) is 5.91 Å². The molecule has 0 saturated carbocycles. The number of carbonyl (C=O) groups is 1. The number of halogens is 3. The van der Waals surface area contributed by atoms with E-state index in [1.165, 1.54) is 11.8 Å². The summed E-state index contributed by atoms with van der Waals surface area (Å²) in [4.78, 5) is 17.7. The second-order valence-corrected chi connectivity index (χ2v) is 10.5. The molecule has 0 spiro atoms. The summed E-state index contributed by atoms with van der Waals surface area (Å²) in [6.45, 7) is 4.60. The fraction of sp³-hybridized carbons (Fsp3) is 0.154. The summed E-state index contributed by atoms with van der Waals surface area (Å²) in [6, 6.07) is 16.9. The molecule has 0 atom stereocenters. The van der Waals surface area contributed by atoms with Crippen LogP contribution in [0.15, 0.2) is 64.5 Å². The lowest BCUT2D eigenvalue weighted by Gasteiger charge is -2.15. The van der Waals surface area contributed by atoms with Gasteiger partial charge in [-0.2, -0.15) is 0 Å². The Morgan fingerprint density at radius 3 is 2.63 bits per heavy atom. The molecular formula is C26H21Cl2IN2O3S. The number of ether oxygens (including phenoxy) is 2. The SMILES string of the molecule is CCOc1cc(/C=C2/SC(=Nc3cccc(Cl)c3C)NC2=O)cc(I)c1OCc1ccccc1Cl. The Kier molecular flexibility index (Phi) is 8.64. The molecule has 0 aliphatic carbocycles. The third-order valence-electron chi connectivity index (χ3n) is 5.07. The Bertz CT molecular complexity index is 1340. The van der Waals surface area contributed by atoms with Gasteiger partial charge in [0, 0.05) is 15.6 Å². The number of rotatable bonds is 7. The monoisotopic (exact) mass is 638 g/mol. The molecule has 1 heterocycles. The van der Waals surface area contributed by atoms with E-state index in [9.17, 15) is 4.79 Å². The standard InChI is InChI=1S/C26H21Cl2IN2O3S/c1-3-33-22-12-16(11-20(29)24(22)34-14-17-7-4-5-8-19(17)28)13-23-25(32)31-26(35-23)30-21-10-6-9-18(27)15(21)2/h4-13H,3,14H2,1-2H3,(H,30,31,32)/b23-13+. The first-order chi connectivity index (χ1) is 16.9. The molecule has 1 aliphatic heterocycles. The van der Waals surface area contributed by atoms with Crippen molar-refractivity contribution in [2.24, 2.45) is 4.99 Å². The zero-order valence-corrected chi connectivity index (χ0v) is 23.4. The molecule has 0 bridgehead atoms. The normalized spacial score (nSPS) is 15.5. The lowest BCUT2D eigenvalue weighted by Crippen LogP contribution is -2.19.